The first-order valence-electron chi connectivity index (χ1n) is 12.8. The Morgan fingerprint density at radius 3 is 2.31 bits per heavy atom. The van der Waals surface area contributed by atoms with E-state index in [0.717, 1.165) is 16.5 Å². The molecule has 0 radical (unpaired) electrons. The van der Waals surface area contributed by atoms with Crippen molar-refractivity contribution in [1.82, 2.24) is 20.9 Å². The number of hydrogen-bond donors (Lipinski definition) is 7. The second-order valence-corrected chi connectivity index (χ2v) is 9.58. The summed E-state index contributed by atoms with van der Waals surface area (Å²) in [5.41, 5.74) is 8.10. The summed E-state index contributed by atoms with van der Waals surface area (Å²) in [4.78, 5) is 53.4. The third kappa shape index (κ3) is 8.05. The number of phenolic OH excluding ortho intramolecular Hbond substituents is 1. The highest BCUT2D eigenvalue weighted by Gasteiger charge is 2.28. The van der Waals surface area contributed by atoms with Crippen LogP contribution in [0.25, 0.3) is 10.9 Å². The number of carbonyl (C=O) groups excluding carboxylic acids is 3. The molecule has 3 rings (SSSR count). The van der Waals surface area contributed by atoms with Gasteiger partial charge in [-0.25, -0.2) is 4.79 Å². The van der Waals surface area contributed by atoms with Gasteiger partial charge in [0.05, 0.1) is 12.6 Å². The number of nitrogens with two attached hydrogens (primary N) is 1. The summed E-state index contributed by atoms with van der Waals surface area (Å²) in [6, 6.07) is 10.3. The molecule has 3 aromatic rings. The van der Waals surface area contributed by atoms with Crippen LogP contribution in [0.2, 0.25) is 0 Å². The van der Waals surface area contributed by atoms with Crippen LogP contribution < -0.4 is 21.7 Å². The van der Waals surface area contributed by atoms with E-state index < -0.39 is 48.4 Å². The highest BCUT2D eigenvalue weighted by molar-refractivity contribution is 5.93. The number of fused-ring (bicyclic) bond motifs is 1. The van der Waals surface area contributed by atoms with E-state index in [2.05, 4.69) is 20.9 Å². The molecule has 0 aliphatic rings. The van der Waals surface area contributed by atoms with E-state index in [1.807, 2.05) is 38.1 Å². The molecular formula is C28H35N5O6. The maximum atomic E-state index is 13.3. The van der Waals surface area contributed by atoms with Crippen LogP contribution in [-0.2, 0) is 32.0 Å². The van der Waals surface area contributed by atoms with E-state index in [0.29, 0.717) is 12.0 Å². The third-order valence-electron chi connectivity index (χ3n) is 6.72. The van der Waals surface area contributed by atoms with Gasteiger partial charge in [-0.2, -0.15) is 0 Å². The minimum atomic E-state index is -1.26. The number of nitrogens with one attached hydrogen (secondary N) is 4. The number of phenols is 1. The number of para-hydroxylation sites is 1. The van der Waals surface area contributed by atoms with Crippen molar-refractivity contribution in [3.05, 3.63) is 65.9 Å². The number of carbonyl (C=O) groups is 4. The van der Waals surface area contributed by atoms with Gasteiger partial charge in [0, 0.05) is 29.9 Å². The Balaban J connectivity index is 1.72. The number of aromatic nitrogens is 1. The van der Waals surface area contributed by atoms with E-state index >= 15 is 0 Å². The quantitative estimate of drug-likeness (QED) is 0.171. The Kier molecular flexibility index (Phi) is 10.0. The number of amides is 3. The van der Waals surface area contributed by atoms with Gasteiger partial charge in [0.15, 0.2) is 0 Å². The lowest BCUT2D eigenvalue weighted by atomic mass is 9.99. The van der Waals surface area contributed by atoms with E-state index in [9.17, 15) is 29.4 Å². The summed E-state index contributed by atoms with van der Waals surface area (Å²) in [5.74, 6) is -3.09. The van der Waals surface area contributed by atoms with Crippen LogP contribution in [0.3, 0.4) is 0 Å². The number of aromatic amines is 1. The Bertz CT molecular complexity index is 1310. The first-order valence-corrected chi connectivity index (χ1v) is 12.8. The number of benzene rings is 2. The molecule has 11 nitrogen and oxygen atoms in total. The van der Waals surface area contributed by atoms with Gasteiger partial charge in [-0.15, -0.1) is 0 Å². The van der Waals surface area contributed by atoms with Gasteiger partial charge in [0.25, 0.3) is 0 Å². The van der Waals surface area contributed by atoms with Crippen molar-refractivity contribution >= 4 is 34.6 Å². The van der Waals surface area contributed by atoms with Crippen molar-refractivity contribution in [3.8, 4) is 5.75 Å². The number of aromatic hydroxyl groups is 1. The van der Waals surface area contributed by atoms with Gasteiger partial charge in [-0.05, 0) is 35.2 Å². The van der Waals surface area contributed by atoms with Crippen molar-refractivity contribution in [2.45, 2.75) is 51.2 Å². The molecule has 1 aromatic heterocycles. The molecule has 39 heavy (non-hydrogen) atoms. The number of carboxylic acids is 1. The molecule has 0 bridgehead atoms. The highest BCUT2D eigenvalue weighted by Crippen LogP contribution is 2.19. The van der Waals surface area contributed by atoms with Crippen LogP contribution in [0.15, 0.2) is 54.7 Å². The van der Waals surface area contributed by atoms with Crippen LogP contribution in [0.4, 0.5) is 0 Å². The predicted molar refractivity (Wildman–Crippen MR) is 146 cm³/mol. The van der Waals surface area contributed by atoms with Crippen molar-refractivity contribution in [2.75, 3.05) is 6.54 Å². The first-order chi connectivity index (χ1) is 18.6. The second kappa shape index (κ2) is 13.4. The number of hydrogen-bond acceptors (Lipinski definition) is 6. The molecule has 0 fully saturated rings. The minimum absolute atomic E-state index is 0.0223. The van der Waals surface area contributed by atoms with Crippen LogP contribution in [0, 0.1) is 5.92 Å². The summed E-state index contributed by atoms with van der Waals surface area (Å²) < 4.78 is 0. The molecule has 0 saturated heterocycles. The average molecular weight is 538 g/mol. The van der Waals surface area contributed by atoms with Crippen molar-refractivity contribution in [2.24, 2.45) is 11.7 Å². The van der Waals surface area contributed by atoms with E-state index in [1.165, 1.54) is 12.1 Å². The summed E-state index contributed by atoms with van der Waals surface area (Å²) in [7, 11) is 0. The molecule has 0 aliphatic carbocycles. The van der Waals surface area contributed by atoms with E-state index in [4.69, 9.17) is 5.73 Å². The largest absolute Gasteiger partial charge is 0.508 e. The molecule has 3 amide bonds. The monoisotopic (exact) mass is 537 g/mol. The van der Waals surface area contributed by atoms with E-state index in [-0.39, 0.29) is 24.5 Å². The van der Waals surface area contributed by atoms with Crippen molar-refractivity contribution in [1.29, 1.82) is 0 Å². The molecule has 0 saturated carbocycles. The zero-order valence-corrected chi connectivity index (χ0v) is 21.9. The van der Waals surface area contributed by atoms with Crippen LogP contribution in [-0.4, -0.2) is 63.6 Å². The first kappa shape index (κ1) is 29.2. The van der Waals surface area contributed by atoms with Gasteiger partial charge < -0.3 is 36.9 Å². The molecule has 208 valence electrons. The smallest absolute Gasteiger partial charge is 0.326 e. The zero-order chi connectivity index (χ0) is 28.5. The van der Waals surface area contributed by atoms with Gasteiger partial charge >= 0.3 is 5.97 Å². The lowest BCUT2D eigenvalue weighted by Crippen LogP contribution is -2.55. The fourth-order valence-corrected chi connectivity index (χ4v) is 4.11. The fourth-order valence-electron chi connectivity index (χ4n) is 4.11. The molecule has 4 unspecified atom stereocenters. The maximum absolute atomic E-state index is 13.3. The molecule has 0 spiro atoms. The molecule has 11 heteroatoms. The lowest BCUT2D eigenvalue weighted by Gasteiger charge is -2.22. The second-order valence-electron chi connectivity index (χ2n) is 9.58. The summed E-state index contributed by atoms with van der Waals surface area (Å²) in [5, 5.41) is 27.9. The highest BCUT2D eigenvalue weighted by atomic mass is 16.4. The standard InChI is InChI=1S/C28H35N5O6/c1-3-16(2)25(29)27(37)31-15-24(35)32-22(12-17-8-10-19(34)11-9-17)26(36)33-23(28(38)39)13-18-14-30-21-7-5-4-6-20(18)21/h4-11,14,16,22-23,25,30,34H,3,12-13,15,29H2,1-2H3,(H,31,37)(H,32,35)(H,33,36)(H,38,39). The summed E-state index contributed by atoms with van der Waals surface area (Å²) in [6.07, 6.45) is 2.44. The molecule has 0 aliphatic heterocycles. The molecule has 4 atom stereocenters. The number of carboxylic acid groups (broad SMARTS) is 1. The van der Waals surface area contributed by atoms with Crippen LogP contribution in [0.5, 0.6) is 5.75 Å². The Morgan fingerprint density at radius 1 is 0.949 bits per heavy atom. The molecule has 2 aromatic carbocycles. The van der Waals surface area contributed by atoms with Gasteiger partial charge in [0.1, 0.15) is 17.8 Å². The number of rotatable bonds is 13. The molecule has 1 heterocycles. The Hall–Kier alpha value is -4.38. The topological polar surface area (TPSA) is 187 Å². The molecule has 8 N–H and O–H groups in total. The zero-order valence-electron chi connectivity index (χ0n) is 21.9. The average Bonchev–Trinajstić information content (AvgIpc) is 3.33. The number of aliphatic carboxylic acids is 1. The lowest BCUT2D eigenvalue weighted by molar-refractivity contribution is -0.142. The van der Waals surface area contributed by atoms with Gasteiger partial charge in [-0.3, -0.25) is 14.4 Å². The minimum Gasteiger partial charge on any atom is -0.508 e. The van der Waals surface area contributed by atoms with E-state index in [1.54, 1.807) is 18.3 Å². The Labute approximate surface area is 226 Å². The fraction of sp³-hybridized carbons (Fsp3) is 0.357. The SMILES string of the molecule is CCC(C)C(N)C(=O)NCC(=O)NC(Cc1ccc(O)cc1)C(=O)NC(Cc1c[nH]c2ccccc12)C(=O)O. The third-order valence-corrected chi connectivity index (χ3v) is 6.72. The Morgan fingerprint density at radius 2 is 1.64 bits per heavy atom. The van der Waals surface area contributed by atoms with Crippen molar-refractivity contribution < 1.29 is 29.4 Å². The molecular weight excluding hydrogens is 502 g/mol. The van der Waals surface area contributed by atoms with Crippen LogP contribution in [0.1, 0.15) is 31.4 Å². The predicted octanol–water partition coefficient (Wildman–Crippen LogP) is 1.20. The van der Waals surface area contributed by atoms with Crippen LogP contribution >= 0.6 is 0 Å². The van der Waals surface area contributed by atoms with Crippen molar-refractivity contribution in [3.63, 3.8) is 0 Å². The summed E-state index contributed by atoms with van der Waals surface area (Å²) in [6.45, 7) is 3.33. The number of H-pyrrole nitrogens is 1. The maximum Gasteiger partial charge on any atom is 0.326 e. The summed E-state index contributed by atoms with van der Waals surface area (Å²) >= 11 is 0. The van der Waals surface area contributed by atoms with Gasteiger partial charge in [0.2, 0.25) is 17.7 Å². The van der Waals surface area contributed by atoms with Gasteiger partial charge in [-0.1, -0.05) is 50.6 Å². The normalized spacial score (nSPS) is 14.1.